The highest BCUT2D eigenvalue weighted by atomic mass is 16.6. The number of aliphatic hydroxyl groups is 1. The largest absolute Gasteiger partial charge is 0.389 e. The van der Waals surface area contributed by atoms with Crippen molar-refractivity contribution in [1.29, 1.82) is 0 Å². The van der Waals surface area contributed by atoms with Gasteiger partial charge in [0.15, 0.2) is 0 Å². The summed E-state index contributed by atoms with van der Waals surface area (Å²) in [5, 5.41) is 9.39. The molecule has 15 heavy (non-hydrogen) atoms. The van der Waals surface area contributed by atoms with Crippen molar-refractivity contribution in [3.05, 3.63) is 35.9 Å². The van der Waals surface area contributed by atoms with Crippen LogP contribution in [0, 0.1) is 0 Å². The number of rotatable bonds is 7. The van der Waals surface area contributed by atoms with Crippen LogP contribution in [0.1, 0.15) is 5.56 Å². The Kier molecular flexibility index (Phi) is 5.96. The zero-order chi connectivity index (χ0) is 10.9. The summed E-state index contributed by atoms with van der Waals surface area (Å²) >= 11 is 0. The fourth-order valence-electron chi connectivity index (χ4n) is 1.13. The van der Waals surface area contributed by atoms with Crippen molar-refractivity contribution in [2.75, 3.05) is 20.3 Å². The standard InChI is InChI=1S/C11H17NO3/c1-14-12-7-11(13)9-15-8-10-5-3-2-4-6-10/h2-6,11-13H,7-9H2,1H3. The average Bonchev–Trinajstić information content (AvgIpc) is 2.28. The lowest BCUT2D eigenvalue weighted by Gasteiger charge is -2.11. The highest BCUT2D eigenvalue weighted by Crippen LogP contribution is 2.00. The molecule has 0 heterocycles. The molecule has 0 aromatic heterocycles. The summed E-state index contributed by atoms with van der Waals surface area (Å²) in [6.45, 7) is 1.18. The second-order valence-electron chi connectivity index (χ2n) is 3.21. The molecule has 4 heteroatoms. The van der Waals surface area contributed by atoms with Gasteiger partial charge in [-0.05, 0) is 5.56 Å². The Morgan fingerprint density at radius 2 is 2.07 bits per heavy atom. The van der Waals surface area contributed by atoms with E-state index in [9.17, 15) is 5.11 Å². The summed E-state index contributed by atoms with van der Waals surface area (Å²) in [5.74, 6) is 0. The summed E-state index contributed by atoms with van der Waals surface area (Å²) in [5.41, 5.74) is 3.67. The smallest absolute Gasteiger partial charge is 0.0921 e. The van der Waals surface area contributed by atoms with E-state index >= 15 is 0 Å². The maximum Gasteiger partial charge on any atom is 0.0921 e. The summed E-state index contributed by atoms with van der Waals surface area (Å²) in [7, 11) is 1.51. The maximum atomic E-state index is 9.39. The van der Waals surface area contributed by atoms with Crippen LogP contribution in [-0.4, -0.2) is 31.5 Å². The quantitative estimate of drug-likeness (QED) is 0.652. The third kappa shape index (κ3) is 5.49. The van der Waals surface area contributed by atoms with Gasteiger partial charge in [-0.25, -0.2) is 5.48 Å². The Hall–Kier alpha value is -0.940. The molecule has 1 unspecified atom stereocenters. The van der Waals surface area contributed by atoms with Gasteiger partial charge in [-0.2, -0.15) is 0 Å². The van der Waals surface area contributed by atoms with Crippen molar-refractivity contribution >= 4 is 0 Å². The van der Waals surface area contributed by atoms with Crippen LogP contribution in [-0.2, 0) is 16.2 Å². The van der Waals surface area contributed by atoms with E-state index in [0.29, 0.717) is 19.8 Å². The molecular weight excluding hydrogens is 194 g/mol. The summed E-state index contributed by atoms with van der Waals surface area (Å²) in [4.78, 5) is 4.61. The van der Waals surface area contributed by atoms with E-state index in [1.54, 1.807) is 0 Å². The fourth-order valence-corrected chi connectivity index (χ4v) is 1.13. The van der Waals surface area contributed by atoms with Crippen LogP contribution in [0.4, 0.5) is 0 Å². The summed E-state index contributed by atoms with van der Waals surface area (Å²) in [6, 6.07) is 9.85. The van der Waals surface area contributed by atoms with Gasteiger partial charge in [0.05, 0.1) is 26.4 Å². The van der Waals surface area contributed by atoms with Gasteiger partial charge in [-0.15, -0.1) is 0 Å². The Balaban J connectivity index is 2.11. The van der Waals surface area contributed by atoms with Crippen molar-refractivity contribution in [2.24, 2.45) is 0 Å². The Bertz CT molecular complexity index is 253. The van der Waals surface area contributed by atoms with Gasteiger partial charge in [0, 0.05) is 6.54 Å². The van der Waals surface area contributed by atoms with Crippen LogP contribution in [0.2, 0.25) is 0 Å². The molecule has 0 aliphatic rings. The number of hydrogen-bond acceptors (Lipinski definition) is 4. The van der Waals surface area contributed by atoms with Crippen molar-refractivity contribution in [1.82, 2.24) is 5.48 Å². The molecule has 4 nitrogen and oxygen atoms in total. The van der Waals surface area contributed by atoms with E-state index in [1.807, 2.05) is 30.3 Å². The molecule has 0 spiro atoms. The summed E-state index contributed by atoms with van der Waals surface area (Å²) < 4.78 is 5.33. The van der Waals surface area contributed by atoms with Gasteiger partial charge in [0.2, 0.25) is 0 Å². The zero-order valence-electron chi connectivity index (χ0n) is 8.85. The molecule has 0 saturated carbocycles. The fraction of sp³-hybridized carbons (Fsp3) is 0.455. The second-order valence-corrected chi connectivity index (χ2v) is 3.21. The molecular formula is C11H17NO3. The first kappa shape index (κ1) is 12.1. The first-order chi connectivity index (χ1) is 7.33. The topological polar surface area (TPSA) is 50.7 Å². The number of nitrogens with one attached hydrogen (secondary N) is 1. The van der Waals surface area contributed by atoms with Crippen molar-refractivity contribution in [3.8, 4) is 0 Å². The van der Waals surface area contributed by atoms with Gasteiger partial charge in [-0.3, -0.25) is 0 Å². The molecule has 0 aliphatic carbocycles. The maximum absolute atomic E-state index is 9.39. The molecule has 0 radical (unpaired) electrons. The van der Waals surface area contributed by atoms with E-state index in [-0.39, 0.29) is 0 Å². The predicted octanol–water partition coefficient (Wildman–Crippen LogP) is 0.715. The minimum absolute atomic E-state index is 0.297. The van der Waals surface area contributed by atoms with Gasteiger partial charge in [0.25, 0.3) is 0 Å². The molecule has 0 aliphatic heterocycles. The van der Waals surface area contributed by atoms with Gasteiger partial charge in [0.1, 0.15) is 0 Å². The molecule has 0 fully saturated rings. The lowest BCUT2D eigenvalue weighted by molar-refractivity contribution is -0.00269. The first-order valence-corrected chi connectivity index (χ1v) is 4.88. The van der Waals surface area contributed by atoms with Crippen molar-refractivity contribution in [3.63, 3.8) is 0 Å². The number of ether oxygens (including phenoxy) is 1. The molecule has 1 rings (SSSR count). The zero-order valence-corrected chi connectivity index (χ0v) is 8.85. The van der Waals surface area contributed by atoms with Crippen LogP contribution >= 0.6 is 0 Å². The SMILES string of the molecule is CONCC(O)COCc1ccccc1. The molecule has 1 atom stereocenters. The molecule has 1 aromatic rings. The highest BCUT2D eigenvalue weighted by molar-refractivity contribution is 5.13. The lowest BCUT2D eigenvalue weighted by Crippen LogP contribution is -2.29. The minimum Gasteiger partial charge on any atom is -0.389 e. The number of hydrogen-bond donors (Lipinski definition) is 2. The van der Waals surface area contributed by atoms with E-state index in [4.69, 9.17) is 4.74 Å². The van der Waals surface area contributed by atoms with Gasteiger partial charge < -0.3 is 14.7 Å². The normalized spacial score (nSPS) is 12.7. The van der Waals surface area contributed by atoms with E-state index in [0.717, 1.165) is 5.56 Å². The molecule has 2 N–H and O–H groups in total. The Morgan fingerprint density at radius 3 is 2.73 bits per heavy atom. The van der Waals surface area contributed by atoms with Crippen molar-refractivity contribution < 1.29 is 14.7 Å². The Morgan fingerprint density at radius 1 is 1.33 bits per heavy atom. The summed E-state index contributed by atoms with van der Waals surface area (Å²) in [6.07, 6.45) is -0.548. The van der Waals surface area contributed by atoms with Crippen LogP contribution in [0.25, 0.3) is 0 Å². The van der Waals surface area contributed by atoms with Gasteiger partial charge >= 0.3 is 0 Å². The third-order valence-electron chi connectivity index (χ3n) is 1.89. The van der Waals surface area contributed by atoms with Crippen LogP contribution in [0.15, 0.2) is 30.3 Å². The minimum atomic E-state index is -0.548. The number of benzene rings is 1. The molecule has 1 aromatic carbocycles. The van der Waals surface area contributed by atoms with E-state index in [2.05, 4.69) is 10.3 Å². The Labute approximate surface area is 89.8 Å². The number of hydroxylamine groups is 1. The third-order valence-corrected chi connectivity index (χ3v) is 1.89. The average molecular weight is 211 g/mol. The van der Waals surface area contributed by atoms with Gasteiger partial charge in [-0.1, -0.05) is 30.3 Å². The van der Waals surface area contributed by atoms with E-state index < -0.39 is 6.10 Å². The second kappa shape index (κ2) is 7.36. The number of aliphatic hydroxyl groups excluding tert-OH is 1. The molecule has 0 saturated heterocycles. The predicted molar refractivity (Wildman–Crippen MR) is 57.1 cm³/mol. The van der Waals surface area contributed by atoms with Crippen molar-refractivity contribution in [2.45, 2.75) is 12.7 Å². The van der Waals surface area contributed by atoms with Crippen LogP contribution in [0.3, 0.4) is 0 Å². The molecule has 84 valence electrons. The van der Waals surface area contributed by atoms with Crippen LogP contribution < -0.4 is 5.48 Å². The molecule has 0 amide bonds. The highest BCUT2D eigenvalue weighted by Gasteiger charge is 2.03. The monoisotopic (exact) mass is 211 g/mol. The van der Waals surface area contributed by atoms with E-state index in [1.165, 1.54) is 7.11 Å². The van der Waals surface area contributed by atoms with Crippen LogP contribution in [0.5, 0.6) is 0 Å². The molecule has 0 bridgehead atoms. The first-order valence-electron chi connectivity index (χ1n) is 4.88. The lowest BCUT2D eigenvalue weighted by atomic mass is 10.2.